The lowest BCUT2D eigenvalue weighted by molar-refractivity contribution is -0.198. The highest BCUT2D eigenvalue weighted by Gasteiger charge is 2.38. The topological polar surface area (TPSA) is 63.2 Å². The van der Waals surface area contributed by atoms with Crippen LogP contribution in [0.3, 0.4) is 0 Å². The Balaban J connectivity index is 2.09. The minimum atomic E-state index is -0.849. The van der Waals surface area contributed by atoms with Crippen LogP contribution >= 0.6 is 0 Å². The molecule has 0 N–H and O–H groups in total. The number of hydrogen-bond acceptors (Lipinski definition) is 6. The third-order valence-corrected chi connectivity index (χ3v) is 3.74. The molecule has 1 aromatic carbocycles. The van der Waals surface area contributed by atoms with Crippen LogP contribution in [0.2, 0.25) is 0 Å². The summed E-state index contributed by atoms with van der Waals surface area (Å²) in [6.07, 6.45) is -0.148. The average molecular weight is 336 g/mol. The molecule has 2 rings (SSSR count). The molecule has 0 spiro atoms. The minimum Gasteiger partial charge on any atom is -0.497 e. The molecular weight excluding hydrogens is 312 g/mol. The second-order valence-electron chi connectivity index (χ2n) is 5.40. The van der Waals surface area contributed by atoms with Crippen LogP contribution in [-0.2, 0) is 30.3 Å². The molecule has 0 fully saturated rings. The van der Waals surface area contributed by atoms with E-state index in [-0.39, 0.29) is 6.61 Å². The summed E-state index contributed by atoms with van der Waals surface area (Å²) in [7, 11) is 3.14. The number of esters is 1. The van der Waals surface area contributed by atoms with Gasteiger partial charge in [-0.1, -0.05) is 12.1 Å². The fraction of sp³-hybridized carbons (Fsp3) is 0.500. The number of carbonyl (C=O) groups is 1. The van der Waals surface area contributed by atoms with Crippen LogP contribution in [-0.4, -0.2) is 45.3 Å². The van der Waals surface area contributed by atoms with Gasteiger partial charge in [0.25, 0.3) is 0 Å². The number of benzene rings is 1. The number of ether oxygens (including phenoxy) is 5. The molecule has 1 heterocycles. The Morgan fingerprint density at radius 3 is 2.50 bits per heavy atom. The highest BCUT2D eigenvalue weighted by Crippen LogP contribution is 2.25. The van der Waals surface area contributed by atoms with Crippen molar-refractivity contribution in [2.24, 2.45) is 0 Å². The van der Waals surface area contributed by atoms with Crippen molar-refractivity contribution in [2.45, 2.75) is 39.0 Å². The van der Waals surface area contributed by atoms with Gasteiger partial charge in [0.05, 0.1) is 20.3 Å². The molecule has 0 bridgehead atoms. The third-order valence-electron chi connectivity index (χ3n) is 3.74. The molecule has 6 nitrogen and oxygen atoms in total. The Labute approximate surface area is 142 Å². The fourth-order valence-corrected chi connectivity index (χ4v) is 2.46. The van der Waals surface area contributed by atoms with Crippen molar-refractivity contribution in [3.8, 4) is 5.75 Å². The molecule has 0 saturated heterocycles. The summed E-state index contributed by atoms with van der Waals surface area (Å²) in [6.45, 7) is 4.27. The first-order chi connectivity index (χ1) is 11.6. The molecule has 0 unspecified atom stereocenters. The smallest absolute Gasteiger partial charge is 0.338 e. The molecule has 6 heteroatoms. The van der Waals surface area contributed by atoms with E-state index in [0.717, 1.165) is 16.9 Å². The SMILES string of the molecule is CCOC(=O)[C@@H]1O[C@H](OC)C=C(C)[C@H]1OCc1ccc(OC)cc1. The van der Waals surface area contributed by atoms with Gasteiger partial charge in [0, 0.05) is 7.11 Å². The van der Waals surface area contributed by atoms with Crippen LogP contribution in [0.15, 0.2) is 35.9 Å². The van der Waals surface area contributed by atoms with Crippen molar-refractivity contribution in [1.29, 1.82) is 0 Å². The lowest BCUT2D eigenvalue weighted by atomic mass is 10.0. The van der Waals surface area contributed by atoms with Gasteiger partial charge in [0.2, 0.25) is 0 Å². The maximum Gasteiger partial charge on any atom is 0.338 e. The van der Waals surface area contributed by atoms with Crippen LogP contribution in [0.5, 0.6) is 5.75 Å². The first-order valence-corrected chi connectivity index (χ1v) is 7.86. The fourth-order valence-electron chi connectivity index (χ4n) is 2.46. The average Bonchev–Trinajstić information content (AvgIpc) is 2.60. The van der Waals surface area contributed by atoms with Crippen molar-refractivity contribution in [3.63, 3.8) is 0 Å². The van der Waals surface area contributed by atoms with E-state index in [4.69, 9.17) is 23.7 Å². The molecule has 3 atom stereocenters. The first kappa shape index (κ1) is 18.4. The maximum absolute atomic E-state index is 12.2. The molecule has 0 amide bonds. The molecule has 24 heavy (non-hydrogen) atoms. The number of hydrogen-bond donors (Lipinski definition) is 0. The van der Waals surface area contributed by atoms with Crippen LogP contribution in [0, 0.1) is 0 Å². The van der Waals surface area contributed by atoms with Crippen LogP contribution in [0.4, 0.5) is 0 Å². The van der Waals surface area contributed by atoms with Gasteiger partial charge < -0.3 is 23.7 Å². The Kier molecular flexibility index (Phi) is 6.78. The lowest BCUT2D eigenvalue weighted by Gasteiger charge is -2.33. The van der Waals surface area contributed by atoms with Crippen LogP contribution in [0.1, 0.15) is 19.4 Å². The molecule has 0 radical (unpaired) electrons. The Hall–Kier alpha value is -1.89. The highest BCUT2D eigenvalue weighted by atomic mass is 16.7. The summed E-state index contributed by atoms with van der Waals surface area (Å²) in [6, 6.07) is 7.56. The maximum atomic E-state index is 12.2. The lowest BCUT2D eigenvalue weighted by Crippen LogP contribution is -2.46. The summed E-state index contributed by atoms with van der Waals surface area (Å²) < 4.78 is 27.0. The number of rotatable bonds is 7. The summed E-state index contributed by atoms with van der Waals surface area (Å²) in [4.78, 5) is 12.2. The Morgan fingerprint density at radius 2 is 1.92 bits per heavy atom. The van der Waals surface area contributed by atoms with E-state index in [2.05, 4.69) is 0 Å². The predicted molar refractivity (Wildman–Crippen MR) is 87.6 cm³/mol. The zero-order valence-corrected chi connectivity index (χ0v) is 14.5. The van der Waals surface area contributed by atoms with Gasteiger partial charge in [0.1, 0.15) is 11.9 Å². The standard InChI is InChI=1S/C18H24O6/c1-5-22-18(19)17-16(12(2)10-15(21-4)24-17)23-11-13-6-8-14(20-3)9-7-13/h6-10,15-17H,5,11H2,1-4H3/t15-,16+,17+/m0/s1. The van der Waals surface area contributed by atoms with E-state index in [9.17, 15) is 4.79 Å². The largest absolute Gasteiger partial charge is 0.497 e. The molecule has 0 aromatic heterocycles. The molecular formula is C18H24O6. The van der Waals surface area contributed by atoms with Crippen molar-refractivity contribution >= 4 is 5.97 Å². The van der Waals surface area contributed by atoms with E-state index < -0.39 is 24.5 Å². The zero-order valence-electron chi connectivity index (χ0n) is 14.5. The van der Waals surface area contributed by atoms with Crippen molar-refractivity contribution < 1.29 is 28.5 Å². The molecule has 0 saturated carbocycles. The quantitative estimate of drug-likeness (QED) is 0.563. The molecule has 0 aliphatic carbocycles. The van der Waals surface area contributed by atoms with E-state index >= 15 is 0 Å². The summed E-state index contributed by atoms with van der Waals surface area (Å²) in [5, 5.41) is 0. The van der Waals surface area contributed by atoms with Crippen molar-refractivity contribution in [1.82, 2.24) is 0 Å². The second kappa shape index (κ2) is 8.82. The van der Waals surface area contributed by atoms with E-state index in [1.165, 1.54) is 7.11 Å². The van der Waals surface area contributed by atoms with Gasteiger partial charge >= 0.3 is 5.97 Å². The van der Waals surface area contributed by atoms with Crippen LogP contribution < -0.4 is 4.74 Å². The van der Waals surface area contributed by atoms with Gasteiger partial charge in [0.15, 0.2) is 12.4 Å². The van der Waals surface area contributed by atoms with Gasteiger partial charge in [-0.15, -0.1) is 0 Å². The van der Waals surface area contributed by atoms with Crippen LogP contribution in [0.25, 0.3) is 0 Å². The van der Waals surface area contributed by atoms with Crippen molar-refractivity contribution in [3.05, 3.63) is 41.5 Å². The van der Waals surface area contributed by atoms with Gasteiger partial charge in [-0.25, -0.2) is 4.79 Å². The van der Waals surface area contributed by atoms with E-state index in [1.807, 2.05) is 31.2 Å². The normalized spacial score (nSPS) is 23.5. The number of methoxy groups -OCH3 is 2. The summed E-state index contributed by atoms with van der Waals surface area (Å²) in [5.41, 5.74) is 1.85. The number of carbonyl (C=O) groups excluding carboxylic acids is 1. The van der Waals surface area contributed by atoms with E-state index in [0.29, 0.717) is 6.61 Å². The Bertz CT molecular complexity index is 565. The van der Waals surface area contributed by atoms with Gasteiger partial charge in [-0.05, 0) is 43.2 Å². The molecule has 1 aliphatic rings. The molecule has 1 aromatic rings. The second-order valence-corrected chi connectivity index (χ2v) is 5.40. The van der Waals surface area contributed by atoms with E-state index in [1.54, 1.807) is 20.1 Å². The van der Waals surface area contributed by atoms with Crippen molar-refractivity contribution in [2.75, 3.05) is 20.8 Å². The molecule has 1 aliphatic heterocycles. The Morgan fingerprint density at radius 1 is 1.21 bits per heavy atom. The van der Waals surface area contributed by atoms with Gasteiger partial charge in [-0.3, -0.25) is 0 Å². The highest BCUT2D eigenvalue weighted by molar-refractivity contribution is 5.76. The summed E-state index contributed by atoms with van der Waals surface area (Å²) in [5.74, 6) is 0.329. The third kappa shape index (κ3) is 4.56. The monoisotopic (exact) mass is 336 g/mol. The zero-order chi connectivity index (χ0) is 17.5. The van der Waals surface area contributed by atoms with Gasteiger partial charge in [-0.2, -0.15) is 0 Å². The predicted octanol–water partition coefficient (Wildman–Crippen LogP) is 2.46. The first-order valence-electron chi connectivity index (χ1n) is 7.86. The molecule has 132 valence electrons. The summed E-state index contributed by atoms with van der Waals surface area (Å²) >= 11 is 0. The minimum absolute atomic E-state index is 0.282.